The number of ether oxygens (including phenoxy) is 1. The molecule has 5 rings (SSSR count). The Hall–Kier alpha value is -2.33. The predicted molar refractivity (Wildman–Crippen MR) is 116 cm³/mol. The largest absolute Gasteiger partial charge is 0.420 e. The lowest BCUT2D eigenvalue weighted by molar-refractivity contribution is -0.137. The molecule has 3 fully saturated rings. The minimum absolute atomic E-state index is 0.121. The number of benzene rings is 1. The van der Waals surface area contributed by atoms with Gasteiger partial charge in [-0.25, -0.2) is 8.78 Å². The Morgan fingerprint density at radius 3 is 2.35 bits per heavy atom. The molecule has 2 atom stereocenters. The summed E-state index contributed by atoms with van der Waals surface area (Å²) in [6.07, 6.45) is -0.956. The Morgan fingerprint density at radius 2 is 1.71 bits per heavy atom. The topological polar surface area (TPSA) is 50.3 Å². The minimum Gasteiger partial charge on any atom is -0.381 e. The molecule has 2 aliphatic heterocycles. The summed E-state index contributed by atoms with van der Waals surface area (Å²) in [6.45, 7) is 4.67. The van der Waals surface area contributed by atoms with Crippen LogP contribution in [0.5, 0.6) is 0 Å². The first kappa shape index (κ1) is 23.4. The summed E-state index contributed by atoms with van der Waals surface area (Å²) in [5.74, 6) is -0.587. The van der Waals surface area contributed by atoms with Gasteiger partial charge < -0.3 is 15.0 Å². The number of nitrogens with one attached hydrogen (secondary N) is 1. The van der Waals surface area contributed by atoms with Crippen LogP contribution in [0.4, 0.5) is 27.8 Å². The van der Waals surface area contributed by atoms with E-state index in [9.17, 15) is 22.0 Å². The zero-order valence-corrected chi connectivity index (χ0v) is 18.6. The van der Waals surface area contributed by atoms with Gasteiger partial charge in [0.1, 0.15) is 17.2 Å². The molecule has 3 aliphatic rings. The summed E-state index contributed by atoms with van der Waals surface area (Å²) in [6, 6.07) is 3.30. The van der Waals surface area contributed by atoms with E-state index in [1.165, 1.54) is 0 Å². The van der Waals surface area contributed by atoms with Crippen LogP contribution >= 0.6 is 0 Å². The third-order valence-electron chi connectivity index (χ3n) is 7.33. The molecular weight excluding hydrogens is 455 g/mol. The van der Waals surface area contributed by atoms with Crippen molar-refractivity contribution >= 4 is 5.82 Å². The van der Waals surface area contributed by atoms with Gasteiger partial charge in [0.15, 0.2) is 5.82 Å². The van der Waals surface area contributed by atoms with Crippen LogP contribution in [0, 0.1) is 29.4 Å². The van der Waals surface area contributed by atoms with Crippen LogP contribution in [0.25, 0.3) is 11.3 Å². The molecule has 1 saturated carbocycles. The number of hydrogen-bond donors (Lipinski definition) is 1. The van der Waals surface area contributed by atoms with Crippen LogP contribution < -0.4 is 5.32 Å². The van der Waals surface area contributed by atoms with Crippen molar-refractivity contribution < 1.29 is 26.7 Å². The predicted octanol–water partition coefficient (Wildman–Crippen LogP) is 4.99. The third-order valence-corrected chi connectivity index (χ3v) is 7.33. The maximum absolute atomic E-state index is 14.1. The van der Waals surface area contributed by atoms with Crippen molar-refractivity contribution in [2.75, 3.05) is 38.2 Å². The molecule has 1 aromatic heterocycles. The van der Waals surface area contributed by atoms with E-state index >= 15 is 0 Å². The number of rotatable bonds is 5. The van der Waals surface area contributed by atoms with E-state index in [1.54, 1.807) is 0 Å². The minimum atomic E-state index is -4.70. The number of halogens is 5. The number of aromatic nitrogens is 2. The van der Waals surface area contributed by atoms with Gasteiger partial charge in [0, 0.05) is 50.5 Å². The Morgan fingerprint density at radius 1 is 1.00 bits per heavy atom. The highest BCUT2D eigenvalue weighted by molar-refractivity contribution is 5.63. The van der Waals surface area contributed by atoms with E-state index in [1.807, 2.05) is 0 Å². The Bertz CT molecular complexity index is 1010. The number of fused-ring (bicyclic) bond motifs is 1. The summed E-state index contributed by atoms with van der Waals surface area (Å²) in [5, 5.41) is 10.5. The molecule has 2 aromatic rings. The summed E-state index contributed by atoms with van der Waals surface area (Å²) in [4.78, 5) is 2.49. The maximum Gasteiger partial charge on any atom is 0.420 e. The quantitative estimate of drug-likeness (QED) is 0.609. The van der Waals surface area contributed by atoms with Gasteiger partial charge in [-0.05, 0) is 61.6 Å². The summed E-state index contributed by atoms with van der Waals surface area (Å²) in [5.41, 5.74) is -1.52. The molecule has 0 spiro atoms. The lowest BCUT2D eigenvalue weighted by Gasteiger charge is -2.28. The molecule has 10 heteroatoms. The molecule has 1 aromatic carbocycles. The molecular formula is C24H27F5N4O. The van der Waals surface area contributed by atoms with E-state index in [-0.39, 0.29) is 23.1 Å². The van der Waals surface area contributed by atoms with Crippen molar-refractivity contribution in [3.63, 3.8) is 0 Å². The third kappa shape index (κ3) is 5.02. The Labute approximate surface area is 194 Å². The molecule has 0 amide bonds. The number of hydrogen-bond acceptors (Lipinski definition) is 5. The van der Waals surface area contributed by atoms with Gasteiger partial charge in [-0.3, -0.25) is 0 Å². The highest BCUT2D eigenvalue weighted by Crippen LogP contribution is 2.42. The van der Waals surface area contributed by atoms with E-state index in [4.69, 9.17) is 4.74 Å². The van der Waals surface area contributed by atoms with Gasteiger partial charge >= 0.3 is 6.18 Å². The fourth-order valence-electron chi connectivity index (χ4n) is 5.69. The normalized spacial score (nSPS) is 26.1. The Kier molecular flexibility index (Phi) is 6.45. The van der Waals surface area contributed by atoms with Crippen LogP contribution in [0.2, 0.25) is 0 Å². The van der Waals surface area contributed by atoms with Crippen molar-refractivity contribution in [2.24, 2.45) is 17.8 Å². The number of alkyl halides is 3. The van der Waals surface area contributed by atoms with E-state index in [0.29, 0.717) is 23.8 Å². The molecule has 3 heterocycles. The molecule has 1 N–H and O–H groups in total. The van der Waals surface area contributed by atoms with Gasteiger partial charge in [-0.1, -0.05) is 0 Å². The number of anilines is 1. The van der Waals surface area contributed by atoms with Crippen LogP contribution in [0.15, 0.2) is 24.3 Å². The second kappa shape index (κ2) is 9.37. The lowest BCUT2D eigenvalue weighted by atomic mass is 10.00. The van der Waals surface area contributed by atoms with Crippen LogP contribution in [-0.4, -0.2) is 54.0 Å². The van der Waals surface area contributed by atoms with E-state index in [2.05, 4.69) is 20.4 Å². The second-order valence-electron chi connectivity index (χ2n) is 9.72. The molecule has 34 heavy (non-hydrogen) atoms. The number of nitrogens with zero attached hydrogens (tertiary/aromatic N) is 3. The van der Waals surface area contributed by atoms with Gasteiger partial charge in [0.05, 0.1) is 5.69 Å². The van der Waals surface area contributed by atoms with Gasteiger partial charge in [-0.2, -0.15) is 13.2 Å². The van der Waals surface area contributed by atoms with Crippen molar-refractivity contribution in [3.8, 4) is 11.3 Å². The standard InChI is InChI=1S/C24H27F5N4O/c25-17-1-2-19(21(26)9-17)22-10-20(24(27,28)29)23(32-31-22)30-18-7-15-12-33(13-16(15)8-18)11-14-3-5-34-6-4-14/h1-2,9-10,14-16,18H,3-8,11-13H2,(H,30,32). The molecule has 5 nitrogen and oxygen atoms in total. The second-order valence-corrected chi connectivity index (χ2v) is 9.72. The smallest absolute Gasteiger partial charge is 0.381 e. The highest BCUT2D eigenvalue weighted by atomic mass is 19.4. The van der Waals surface area contributed by atoms with Crippen molar-refractivity contribution in [1.29, 1.82) is 0 Å². The fraction of sp³-hybridized carbons (Fsp3) is 0.583. The molecule has 2 unspecified atom stereocenters. The molecule has 184 valence electrons. The first-order valence-corrected chi connectivity index (χ1v) is 11.7. The molecule has 2 saturated heterocycles. The summed E-state index contributed by atoms with van der Waals surface area (Å²) < 4.78 is 74.1. The van der Waals surface area contributed by atoms with Crippen molar-refractivity contribution in [2.45, 2.75) is 37.9 Å². The first-order valence-electron chi connectivity index (χ1n) is 11.7. The fourth-order valence-corrected chi connectivity index (χ4v) is 5.69. The molecule has 0 radical (unpaired) electrons. The van der Waals surface area contributed by atoms with Crippen molar-refractivity contribution in [3.05, 3.63) is 41.5 Å². The van der Waals surface area contributed by atoms with Crippen LogP contribution in [-0.2, 0) is 10.9 Å². The van der Waals surface area contributed by atoms with Crippen molar-refractivity contribution in [1.82, 2.24) is 15.1 Å². The van der Waals surface area contributed by atoms with E-state index in [0.717, 1.165) is 76.7 Å². The van der Waals surface area contributed by atoms with Crippen LogP contribution in [0.3, 0.4) is 0 Å². The average molecular weight is 482 g/mol. The Balaban J connectivity index is 1.26. The molecule has 0 bridgehead atoms. The number of likely N-dealkylation sites (tertiary alicyclic amines) is 1. The van der Waals surface area contributed by atoms with Gasteiger partial charge in [0.25, 0.3) is 0 Å². The first-order chi connectivity index (χ1) is 16.3. The average Bonchev–Trinajstić information content (AvgIpc) is 3.32. The zero-order valence-electron chi connectivity index (χ0n) is 18.6. The molecule has 1 aliphatic carbocycles. The SMILES string of the molecule is Fc1ccc(-c2cc(C(F)(F)F)c(NC3CC4CN(CC5CCOCC5)CC4C3)nn2)c(F)c1. The van der Waals surface area contributed by atoms with Gasteiger partial charge in [0.2, 0.25) is 0 Å². The zero-order chi connectivity index (χ0) is 23.9. The lowest BCUT2D eigenvalue weighted by Crippen LogP contribution is -2.32. The highest BCUT2D eigenvalue weighted by Gasteiger charge is 2.43. The maximum atomic E-state index is 14.1. The summed E-state index contributed by atoms with van der Waals surface area (Å²) in [7, 11) is 0. The van der Waals surface area contributed by atoms with E-state index < -0.39 is 23.4 Å². The van der Waals surface area contributed by atoms with Crippen LogP contribution in [0.1, 0.15) is 31.2 Å². The monoisotopic (exact) mass is 482 g/mol. The van der Waals surface area contributed by atoms with Gasteiger partial charge in [-0.15, -0.1) is 10.2 Å². The summed E-state index contributed by atoms with van der Waals surface area (Å²) >= 11 is 0.